The molecule has 0 aromatic heterocycles. The summed E-state index contributed by atoms with van der Waals surface area (Å²) in [6, 6.07) is 20.3. The van der Waals surface area contributed by atoms with E-state index >= 15 is 0 Å². The molecule has 2 fully saturated rings. The maximum absolute atomic E-state index is 13.0. The molecule has 8 heteroatoms. The third-order valence-corrected chi connectivity index (χ3v) is 6.64. The highest BCUT2D eigenvalue weighted by molar-refractivity contribution is 6.07. The number of ether oxygens (including phenoxy) is 2. The second-order valence-electron chi connectivity index (χ2n) is 9.35. The van der Waals surface area contributed by atoms with Gasteiger partial charge < -0.3 is 30.3 Å². The van der Waals surface area contributed by atoms with Gasteiger partial charge in [0.05, 0.1) is 13.2 Å². The number of anilines is 3. The maximum atomic E-state index is 13.0. The van der Waals surface area contributed by atoms with Crippen molar-refractivity contribution in [3.63, 3.8) is 0 Å². The number of carbonyl (C=O) groups is 2. The summed E-state index contributed by atoms with van der Waals surface area (Å²) in [6.45, 7) is 6.65. The highest BCUT2D eigenvalue weighted by Gasteiger charge is 2.17. The van der Waals surface area contributed by atoms with E-state index in [2.05, 4.69) is 20.9 Å². The van der Waals surface area contributed by atoms with Gasteiger partial charge in [-0.1, -0.05) is 18.2 Å². The standard InChI is InChI=1S/C29H32N4O4/c1-20-8-9-23(31-28(34)21-4-2-6-24(16-21)33-12-14-36-15-13-33)18-27(20)32-29(35)22-5-3-7-25(17-22)37-26-10-11-30-19-26/h2-9,16-18,26,30H,10-15,19H2,1H3,(H,31,34)(H,32,35). The van der Waals surface area contributed by atoms with Crippen LogP contribution in [0.4, 0.5) is 17.1 Å². The molecule has 1 unspecified atom stereocenters. The van der Waals surface area contributed by atoms with Crippen molar-refractivity contribution in [3.05, 3.63) is 83.4 Å². The molecule has 2 saturated heterocycles. The van der Waals surface area contributed by atoms with Gasteiger partial charge in [-0.3, -0.25) is 9.59 Å². The molecular weight excluding hydrogens is 468 g/mol. The molecule has 0 spiro atoms. The van der Waals surface area contributed by atoms with E-state index in [0.717, 1.165) is 43.9 Å². The van der Waals surface area contributed by atoms with Gasteiger partial charge in [-0.2, -0.15) is 0 Å². The first-order valence-electron chi connectivity index (χ1n) is 12.7. The molecule has 2 aliphatic rings. The van der Waals surface area contributed by atoms with Crippen molar-refractivity contribution in [2.75, 3.05) is 54.9 Å². The van der Waals surface area contributed by atoms with Crippen molar-refractivity contribution >= 4 is 28.9 Å². The third kappa shape index (κ3) is 6.28. The number of aryl methyl sites for hydroxylation is 1. The summed E-state index contributed by atoms with van der Waals surface area (Å²) >= 11 is 0. The summed E-state index contributed by atoms with van der Waals surface area (Å²) in [5.74, 6) is 0.237. The van der Waals surface area contributed by atoms with Gasteiger partial charge in [0.25, 0.3) is 11.8 Å². The molecule has 8 nitrogen and oxygen atoms in total. The van der Waals surface area contributed by atoms with Crippen molar-refractivity contribution in [2.45, 2.75) is 19.4 Å². The summed E-state index contributed by atoms with van der Waals surface area (Å²) in [5.41, 5.74) is 4.22. The summed E-state index contributed by atoms with van der Waals surface area (Å²) < 4.78 is 11.4. The maximum Gasteiger partial charge on any atom is 0.255 e. The Morgan fingerprint density at radius 2 is 1.70 bits per heavy atom. The fourth-order valence-corrected chi connectivity index (χ4v) is 4.53. The van der Waals surface area contributed by atoms with Crippen LogP contribution < -0.4 is 25.6 Å². The fraction of sp³-hybridized carbons (Fsp3) is 0.310. The molecule has 0 bridgehead atoms. The van der Waals surface area contributed by atoms with E-state index in [0.29, 0.717) is 41.5 Å². The summed E-state index contributed by atoms with van der Waals surface area (Å²) in [6.07, 6.45) is 1.07. The van der Waals surface area contributed by atoms with Gasteiger partial charge in [0, 0.05) is 47.8 Å². The van der Waals surface area contributed by atoms with Crippen molar-refractivity contribution in [3.8, 4) is 5.75 Å². The van der Waals surface area contributed by atoms with Gasteiger partial charge in [0.1, 0.15) is 11.9 Å². The number of morpholine rings is 1. The number of amides is 2. The van der Waals surface area contributed by atoms with Crippen molar-refractivity contribution < 1.29 is 19.1 Å². The van der Waals surface area contributed by atoms with Gasteiger partial charge in [-0.25, -0.2) is 0 Å². The van der Waals surface area contributed by atoms with Crippen LogP contribution in [0, 0.1) is 6.92 Å². The van der Waals surface area contributed by atoms with Gasteiger partial charge in [0.2, 0.25) is 0 Å². The monoisotopic (exact) mass is 500 g/mol. The van der Waals surface area contributed by atoms with Crippen molar-refractivity contribution in [2.24, 2.45) is 0 Å². The molecule has 1 atom stereocenters. The Morgan fingerprint density at radius 3 is 2.49 bits per heavy atom. The zero-order valence-electron chi connectivity index (χ0n) is 21.0. The Kier molecular flexibility index (Phi) is 7.67. The van der Waals surface area contributed by atoms with E-state index in [1.807, 2.05) is 49.4 Å². The van der Waals surface area contributed by atoms with Gasteiger partial charge >= 0.3 is 0 Å². The normalized spacial score (nSPS) is 17.3. The van der Waals surface area contributed by atoms with Crippen LogP contribution in [0.15, 0.2) is 66.7 Å². The van der Waals surface area contributed by atoms with Crippen LogP contribution in [-0.2, 0) is 4.74 Å². The lowest BCUT2D eigenvalue weighted by atomic mass is 10.1. The second-order valence-corrected chi connectivity index (χ2v) is 9.35. The zero-order valence-corrected chi connectivity index (χ0v) is 21.0. The minimum atomic E-state index is -0.236. The summed E-state index contributed by atoms with van der Waals surface area (Å²) in [7, 11) is 0. The number of carbonyl (C=O) groups excluding carboxylic acids is 2. The first kappa shape index (κ1) is 24.8. The van der Waals surface area contributed by atoms with E-state index in [-0.39, 0.29) is 17.9 Å². The zero-order chi connectivity index (χ0) is 25.6. The summed E-state index contributed by atoms with van der Waals surface area (Å²) in [5, 5.41) is 9.21. The molecule has 37 heavy (non-hydrogen) atoms. The average Bonchev–Trinajstić information content (AvgIpc) is 3.44. The molecule has 192 valence electrons. The molecule has 2 aliphatic heterocycles. The van der Waals surface area contributed by atoms with Crippen LogP contribution in [0.3, 0.4) is 0 Å². The van der Waals surface area contributed by atoms with Crippen molar-refractivity contribution in [1.29, 1.82) is 0 Å². The van der Waals surface area contributed by atoms with E-state index < -0.39 is 0 Å². The topological polar surface area (TPSA) is 91.9 Å². The summed E-state index contributed by atoms with van der Waals surface area (Å²) in [4.78, 5) is 28.2. The third-order valence-electron chi connectivity index (χ3n) is 6.64. The number of benzene rings is 3. The Labute approximate surface area is 217 Å². The molecule has 3 aromatic carbocycles. The molecule has 0 aliphatic carbocycles. The number of nitrogens with one attached hydrogen (secondary N) is 3. The van der Waals surface area contributed by atoms with E-state index in [1.54, 1.807) is 24.3 Å². The van der Waals surface area contributed by atoms with Crippen LogP contribution in [0.2, 0.25) is 0 Å². The predicted molar refractivity (Wildman–Crippen MR) is 145 cm³/mol. The molecule has 3 N–H and O–H groups in total. The van der Waals surface area contributed by atoms with Gasteiger partial charge in [-0.05, 0) is 74.0 Å². The highest BCUT2D eigenvalue weighted by atomic mass is 16.5. The molecule has 0 saturated carbocycles. The van der Waals surface area contributed by atoms with Crippen LogP contribution in [0.25, 0.3) is 0 Å². The Balaban J connectivity index is 1.25. The number of hydrogen-bond acceptors (Lipinski definition) is 6. The lowest BCUT2D eigenvalue weighted by molar-refractivity contribution is 0.101. The van der Waals surface area contributed by atoms with E-state index in [1.165, 1.54) is 0 Å². The lowest BCUT2D eigenvalue weighted by Crippen LogP contribution is -2.36. The average molecular weight is 501 g/mol. The van der Waals surface area contributed by atoms with E-state index in [9.17, 15) is 9.59 Å². The van der Waals surface area contributed by atoms with E-state index in [4.69, 9.17) is 9.47 Å². The minimum Gasteiger partial charge on any atom is -0.489 e. The molecule has 2 heterocycles. The predicted octanol–water partition coefficient (Wildman–Crippen LogP) is 4.08. The smallest absolute Gasteiger partial charge is 0.255 e. The van der Waals surface area contributed by atoms with Crippen LogP contribution in [-0.4, -0.2) is 57.3 Å². The quantitative estimate of drug-likeness (QED) is 0.453. The van der Waals surface area contributed by atoms with Crippen LogP contribution >= 0.6 is 0 Å². The highest BCUT2D eigenvalue weighted by Crippen LogP contribution is 2.24. The van der Waals surface area contributed by atoms with Crippen LogP contribution in [0.5, 0.6) is 5.75 Å². The number of hydrogen-bond donors (Lipinski definition) is 3. The Bertz CT molecular complexity index is 1270. The van der Waals surface area contributed by atoms with Gasteiger partial charge in [0.15, 0.2) is 0 Å². The molecule has 3 aromatic rings. The first-order valence-corrected chi connectivity index (χ1v) is 12.7. The van der Waals surface area contributed by atoms with Crippen LogP contribution in [0.1, 0.15) is 32.7 Å². The fourth-order valence-electron chi connectivity index (χ4n) is 4.53. The number of nitrogens with zero attached hydrogens (tertiary/aromatic N) is 1. The molecule has 2 amide bonds. The molecular formula is C29H32N4O4. The van der Waals surface area contributed by atoms with Gasteiger partial charge in [-0.15, -0.1) is 0 Å². The molecule has 0 radical (unpaired) electrons. The largest absolute Gasteiger partial charge is 0.489 e. The molecule has 5 rings (SSSR count). The Hall–Kier alpha value is -3.88. The lowest BCUT2D eigenvalue weighted by Gasteiger charge is -2.29. The first-order chi connectivity index (χ1) is 18.0. The SMILES string of the molecule is Cc1ccc(NC(=O)c2cccc(N3CCOCC3)c2)cc1NC(=O)c1cccc(OC2CCNC2)c1. The second kappa shape index (κ2) is 11.5. The Morgan fingerprint density at radius 1 is 0.946 bits per heavy atom. The number of rotatable bonds is 7. The van der Waals surface area contributed by atoms with Crippen molar-refractivity contribution in [1.82, 2.24) is 5.32 Å². The minimum absolute atomic E-state index is 0.121.